The third-order valence-electron chi connectivity index (χ3n) is 5.51. The molecular formula is C20H21ClFN5O2. The largest absolute Gasteiger partial charge is 0.323 e. The highest BCUT2D eigenvalue weighted by molar-refractivity contribution is 6.30. The number of benzene rings is 1. The van der Waals surface area contributed by atoms with E-state index in [1.54, 1.807) is 6.07 Å². The lowest BCUT2D eigenvalue weighted by atomic mass is 10.0. The van der Waals surface area contributed by atoms with Crippen LogP contribution in [-0.2, 0) is 17.6 Å². The average Bonchev–Trinajstić information content (AvgIpc) is 3.33. The molecule has 4 rings (SSSR count). The lowest BCUT2D eigenvalue weighted by molar-refractivity contribution is -0.117. The summed E-state index contributed by atoms with van der Waals surface area (Å²) in [5.41, 5.74) is 0.755. The Morgan fingerprint density at radius 1 is 1.28 bits per heavy atom. The zero-order valence-electron chi connectivity index (χ0n) is 15.8. The van der Waals surface area contributed by atoms with Crippen molar-refractivity contribution in [3.8, 4) is 0 Å². The maximum atomic E-state index is 14.1. The van der Waals surface area contributed by atoms with E-state index in [-0.39, 0.29) is 16.5 Å². The van der Waals surface area contributed by atoms with E-state index in [9.17, 15) is 14.0 Å². The number of aromatic nitrogens is 3. The number of halogens is 2. The molecule has 9 heteroatoms. The van der Waals surface area contributed by atoms with Crippen LogP contribution in [0.1, 0.15) is 54.1 Å². The summed E-state index contributed by atoms with van der Waals surface area (Å²) in [7, 11) is 0. The van der Waals surface area contributed by atoms with Gasteiger partial charge in [0.2, 0.25) is 11.7 Å². The van der Waals surface area contributed by atoms with Crippen LogP contribution < -0.4 is 5.32 Å². The van der Waals surface area contributed by atoms with Gasteiger partial charge in [0.15, 0.2) is 0 Å². The number of anilines is 1. The van der Waals surface area contributed by atoms with Crippen molar-refractivity contribution < 1.29 is 14.0 Å². The minimum absolute atomic E-state index is 0.0596. The molecule has 1 aromatic carbocycles. The molecule has 2 aliphatic rings. The normalized spacial score (nSPS) is 19.9. The van der Waals surface area contributed by atoms with Crippen LogP contribution in [0.5, 0.6) is 0 Å². The minimum atomic E-state index is -0.662. The maximum absolute atomic E-state index is 14.1. The number of amides is 2. The summed E-state index contributed by atoms with van der Waals surface area (Å²) >= 11 is 5.89. The highest BCUT2D eigenvalue weighted by Crippen LogP contribution is 2.30. The van der Waals surface area contributed by atoms with E-state index >= 15 is 0 Å². The molecule has 1 fully saturated rings. The average molecular weight is 418 g/mol. The second kappa shape index (κ2) is 8.41. The third-order valence-corrected chi connectivity index (χ3v) is 5.73. The van der Waals surface area contributed by atoms with Crippen molar-refractivity contribution in [3.05, 3.63) is 40.2 Å². The first kappa shape index (κ1) is 19.7. The first-order valence-electron chi connectivity index (χ1n) is 9.78. The van der Waals surface area contributed by atoms with Gasteiger partial charge in [0.25, 0.3) is 0 Å². The van der Waals surface area contributed by atoms with E-state index in [1.165, 1.54) is 31.9 Å². The van der Waals surface area contributed by atoms with Gasteiger partial charge >= 0.3 is 5.91 Å². The molecule has 2 heterocycles. The van der Waals surface area contributed by atoms with Crippen LogP contribution in [0.3, 0.4) is 0 Å². The van der Waals surface area contributed by atoms with Crippen molar-refractivity contribution in [1.82, 2.24) is 15.2 Å². The Morgan fingerprint density at radius 3 is 2.86 bits per heavy atom. The summed E-state index contributed by atoms with van der Waals surface area (Å²) in [4.78, 5) is 31.5. The van der Waals surface area contributed by atoms with Crippen LogP contribution in [0.25, 0.3) is 0 Å². The van der Waals surface area contributed by atoms with Crippen LogP contribution in [0.15, 0.2) is 17.1 Å². The predicted molar refractivity (Wildman–Crippen MR) is 107 cm³/mol. The molecule has 0 saturated heterocycles. The summed E-state index contributed by atoms with van der Waals surface area (Å²) in [5, 5.41) is 10.8. The van der Waals surface area contributed by atoms with E-state index in [0.29, 0.717) is 30.1 Å². The molecule has 0 radical (unpaired) electrons. The first-order chi connectivity index (χ1) is 14.0. The molecule has 1 aliphatic heterocycles. The number of carbonyl (C=O) groups is 2. The van der Waals surface area contributed by atoms with Gasteiger partial charge in [-0.05, 0) is 36.5 Å². The number of aryl methyl sites for hydroxylation is 1. The number of nitrogens with zero attached hydrogens (tertiary/aromatic N) is 3. The van der Waals surface area contributed by atoms with Crippen molar-refractivity contribution in [3.63, 3.8) is 0 Å². The van der Waals surface area contributed by atoms with E-state index in [0.717, 1.165) is 12.5 Å². The molecule has 1 aromatic heterocycles. The number of carbonyl (C=O) groups excluding carboxylic acids is 2. The van der Waals surface area contributed by atoms with E-state index in [2.05, 4.69) is 25.5 Å². The number of rotatable bonds is 4. The van der Waals surface area contributed by atoms with E-state index < -0.39 is 23.5 Å². The second-order valence-electron chi connectivity index (χ2n) is 7.61. The fourth-order valence-corrected chi connectivity index (χ4v) is 4.18. The Labute approximate surface area is 172 Å². The van der Waals surface area contributed by atoms with Crippen molar-refractivity contribution in [2.24, 2.45) is 16.8 Å². The van der Waals surface area contributed by atoms with Crippen LogP contribution in [0.4, 0.5) is 10.1 Å². The lowest BCUT2D eigenvalue weighted by Gasteiger charge is -2.09. The molecule has 2 aromatic rings. The molecule has 152 valence electrons. The summed E-state index contributed by atoms with van der Waals surface area (Å²) in [6.07, 6.45) is 7.71. The molecule has 1 atom stereocenters. The van der Waals surface area contributed by atoms with E-state index in [4.69, 9.17) is 11.6 Å². The maximum Gasteiger partial charge on any atom is 0.314 e. The summed E-state index contributed by atoms with van der Waals surface area (Å²) < 4.78 is 14.1. The molecule has 29 heavy (non-hydrogen) atoms. The third kappa shape index (κ3) is 4.53. The Hall–Kier alpha value is -2.61. The van der Waals surface area contributed by atoms with Gasteiger partial charge in [-0.2, -0.15) is 0 Å². The van der Waals surface area contributed by atoms with E-state index in [1.807, 2.05) is 0 Å². The van der Waals surface area contributed by atoms with Crippen LogP contribution in [0, 0.1) is 17.7 Å². The van der Waals surface area contributed by atoms with Gasteiger partial charge < -0.3 is 10.3 Å². The number of hydrogen-bond acceptors (Lipinski definition) is 4. The van der Waals surface area contributed by atoms with Gasteiger partial charge in [0.1, 0.15) is 11.6 Å². The topological polar surface area (TPSA) is 100 Å². The van der Waals surface area contributed by atoms with Gasteiger partial charge in [-0.3, -0.25) is 9.59 Å². The van der Waals surface area contributed by atoms with Crippen molar-refractivity contribution >= 4 is 35.3 Å². The summed E-state index contributed by atoms with van der Waals surface area (Å²) in [6, 6.07) is 2.79. The molecular weight excluding hydrogens is 397 g/mol. The highest BCUT2D eigenvalue weighted by Gasteiger charge is 2.25. The van der Waals surface area contributed by atoms with Crippen LogP contribution in [0.2, 0.25) is 5.02 Å². The predicted octanol–water partition coefficient (Wildman–Crippen LogP) is 3.74. The molecule has 0 spiro atoms. The first-order valence-corrected chi connectivity index (χ1v) is 10.2. The van der Waals surface area contributed by atoms with Crippen LogP contribution >= 0.6 is 11.6 Å². The zero-order chi connectivity index (χ0) is 20.4. The van der Waals surface area contributed by atoms with Gasteiger partial charge in [-0.15, -0.1) is 10.2 Å². The van der Waals surface area contributed by atoms with Crippen LogP contribution in [-0.4, -0.2) is 33.2 Å². The SMILES string of the molecule is O=C(/N=C/[C@@H]1CCc2cc(Cl)cc(F)c2NC1=O)c1nnc(CC2CCCC2)[nH]1. The number of fused-ring (bicyclic) bond motifs is 1. The van der Waals surface area contributed by atoms with Crippen molar-refractivity contribution in [1.29, 1.82) is 0 Å². The van der Waals surface area contributed by atoms with Gasteiger partial charge in [-0.1, -0.05) is 37.3 Å². The number of hydrogen-bond donors (Lipinski definition) is 2. The summed E-state index contributed by atoms with van der Waals surface area (Å²) in [5.74, 6) is -0.911. The molecule has 7 nitrogen and oxygen atoms in total. The van der Waals surface area contributed by atoms with Crippen molar-refractivity contribution in [2.75, 3.05) is 5.32 Å². The number of H-pyrrole nitrogens is 1. The Morgan fingerprint density at radius 2 is 2.07 bits per heavy atom. The Balaban J connectivity index is 1.41. The molecule has 2 amide bonds. The Bertz CT molecular complexity index is 968. The zero-order valence-corrected chi connectivity index (χ0v) is 16.5. The number of nitrogens with one attached hydrogen (secondary N) is 2. The molecule has 1 saturated carbocycles. The number of aromatic amines is 1. The van der Waals surface area contributed by atoms with Gasteiger partial charge in [-0.25, -0.2) is 9.38 Å². The highest BCUT2D eigenvalue weighted by atomic mass is 35.5. The fraction of sp³-hybridized carbons (Fsp3) is 0.450. The van der Waals surface area contributed by atoms with Gasteiger partial charge in [0.05, 0.1) is 11.6 Å². The van der Waals surface area contributed by atoms with Gasteiger partial charge in [0, 0.05) is 17.7 Å². The smallest absolute Gasteiger partial charge is 0.314 e. The fourth-order valence-electron chi connectivity index (χ4n) is 3.96. The lowest BCUT2D eigenvalue weighted by Crippen LogP contribution is -2.23. The number of aliphatic imine (C=N–C) groups is 1. The molecule has 0 unspecified atom stereocenters. The Kier molecular flexibility index (Phi) is 5.71. The molecule has 2 N–H and O–H groups in total. The van der Waals surface area contributed by atoms with Crippen molar-refractivity contribution in [2.45, 2.75) is 44.9 Å². The quantitative estimate of drug-likeness (QED) is 0.740. The second-order valence-corrected chi connectivity index (χ2v) is 8.05. The standard InChI is InChI=1S/C20H21ClFN5O2/c21-14-8-12-5-6-13(19(28)25-17(12)15(22)9-14)10-23-20(29)18-24-16(26-27-18)7-11-3-1-2-4-11/h8-11,13H,1-7H2,(H,25,28)(H,24,26,27)/b23-10+/t13-/m0/s1. The molecule has 0 bridgehead atoms. The molecule has 1 aliphatic carbocycles. The minimum Gasteiger partial charge on any atom is -0.323 e. The monoisotopic (exact) mass is 417 g/mol. The summed E-state index contributed by atoms with van der Waals surface area (Å²) in [6.45, 7) is 0.